The lowest BCUT2D eigenvalue weighted by Crippen LogP contribution is -1.98. The number of anilines is 1. The first-order chi connectivity index (χ1) is 8.72. The van der Waals surface area contributed by atoms with E-state index in [4.69, 9.17) is 11.6 Å². The van der Waals surface area contributed by atoms with Crippen LogP contribution in [0.3, 0.4) is 0 Å². The summed E-state index contributed by atoms with van der Waals surface area (Å²) in [6, 6.07) is 8.79. The van der Waals surface area contributed by atoms with Gasteiger partial charge in [-0.1, -0.05) is 17.7 Å². The lowest BCUT2D eigenvalue weighted by Gasteiger charge is -2.07. The fraction of sp³-hybridized carbons (Fsp3) is 0.286. The number of benzene rings is 1. The van der Waals surface area contributed by atoms with Crippen molar-refractivity contribution in [1.29, 1.82) is 0 Å². The van der Waals surface area contributed by atoms with Crippen LogP contribution in [-0.4, -0.2) is 0 Å². The topological polar surface area (TPSA) is 12.0 Å². The molecule has 1 aromatic carbocycles. The van der Waals surface area contributed by atoms with Gasteiger partial charge in [-0.15, -0.1) is 11.3 Å². The molecule has 0 unspecified atom stereocenters. The highest BCUT2D eigenvalue weighted by molar-refractivity contribution is 9.10. The summed E-state index contributed by atoms with van der Waals surface area (Å²) in [4.78, 5) is 1.24. The molecular weight excluding hydrogens is 330 g/mol. The van der Waals surface area contributed by atoms with Crippen molar-refractivity contribution in [3.8, 4) is 0 Å². The van der Waals surface area contributed by atoms with Crippen molar-refractivity contribution in [1.82, 2.24) is 0 Å². The Morgan fingerprint density at radius 2 is 2.06 bits per heavy atom. The zero-order valence-electron chi connectivity index (χ0n) is 9.80. The van der Waals surface area contributed by atoms with Gasteiger partial charge in [0.2, 0.25) is 0 Å². The zero-order valence-corrected chi connectivity index (χ0v) is 13.0. The number of hydrogen-bond donors (Lipinski definition) is 1. The fourth-order valence-electron chi connectivity index (χ4n) is 2.35. The monoisotopic (exact) mass is 341 g/mol. The number of aryl methyl sites for hydroxylation is 2. The average Bonchev–Trinajstić information content (AvgIpc) is 2.94. The summed E-state index contributed by atoms with van der Waals surface area (Å²) in [5.41, 5.74) is 4.23. The van der Waals surface area contributed by atoms with E-state index in [9.17, 15) is 0 Å². The van der Waals surface area contributed by atoms with Gasteiger partial charge in [0.1, 0.15) is 4.34 Å². The lowest BCUT2D eigenvalue weighted by atomic mass is 10.1. The molecule has 0 spiro atoms. The number of nitrogens with one attached hydrogen (secondary N) is 1. The summed E-state index contributed by atoms with van der Waals surface area (Å²) in [5, 5.41) is 3.46. The maximum atomic E-state index is 6.03. The van der Waals surface area contributed by atoms with E-state index in [0.717, 1.165) is 15.4 Å². The third-order valence-corrected chi connectivity index (χ3v) is 5.74. The van der Waals surface area contributed by atoms with E-state index in [1.165, 1.54) is 41.0 Å². The first kappa shape index (κ1) is 12.5. The molecule has 4 heteroatoms. The van der Waals surface area contributed by atoms with Gasteiger partial charge in [-0.25, -0.2) is 0 Å². The Kier molecular flexibility index (Phi) is 3.64. The van der Waals surface area contributed by atoms with Gasteiger partial charge in [0.05, 0.1) is 0 Å². The third kappa shape index (κ3) is 2.58. The Hall–Kier alpha value is -0.510. The van der Waals surface area contributed by atoms with Crippen molar-refractivity contribution in [2.75, 3.05) is 5.32 Å². The van der Waals surface area contributed by atoms with Crippen molar-refractivity contribution < 1.29 is 0 Å². The van der Waals surface area contributed by atoms with Crippen molar-refractivity contribution in [2.45, 2.75) is 25.8 Å². The minimum absolute atomic E-state index is 0.820. The van der Waals surface area contributed by atoms with E-state index in [2.05, 4.69) is 45.5 Å². The molecule has 0 radical (unpaired) electrons. The molecule has 0 bridgehead atoms. The standard InChI is InChI=1S/C14H13BrClNS/c15-13-7-12(18-14(13)16)8-17-11-5-4-9-2-1-3-10(9)6-11/h4-7,17H,1-3,8H2. The second-order valence-electron chi connectivity index (χ2n) is 4.52. The third-order valence-electron chi connectivity index (χ3n) is 3.26. The molecule has 0 aliphatic heterocycles. The molecule has 0 fully saturated rings. The van der Waals surface area contributed by atoms with Gasteiger partial charge in [0.15, 0.2) is 0 Å². The summed E-state index contributed by atoms with van der Waals surface area (Å²) in [6.45, 7) is 0.828. The highest BCUT2D eigenvalue weighted by Gasteiger charge is 2.11. The molecule has 94 valence electrons. The smallest absolute Gasteiger partial charge is 0.107 e. The second-order valence-corrected chi connectivity index (χ2v) is 7.12. The molecule has 0 amide bonds. The van der Waals surface area contributed by atoms with E-state index < -0.39 is 0 Å². The molecule has 1 N–H and O–H groups in total. The quantitative estimate of drug-likeness (QED) is 0.801. The maximum absolute atomic E-state index is 6.03. The van der Waals surface area contributed by atoms with Crippen LogP contribution in [0.2, 0.25) is 4.34 Å². The second kappa shape index (κ2) is 5.24. The number of hydrogen-bond acceptors (Lipinski definition) is 2. The molecule has 18 heavy (non-hydrogen) atoms. The molecule has 0 saturated carbocycles. The fourth-order valence-corrected chi connectivity index (χ4v) is 4.08. The van der Waals surface area contributed by atoms with E-state index in [0.29, 0.717) is 0 Å². The summed E-state index contributed by atoms with van der Waals surface area (Å²) in [5.74, 6) is 0. The van der Waals surface area contributed by atoms with Crippen molar-refractivity contribution in [3.63, 3.8) is 0 Å². The predicted molar refractivity (Wildman–Crippen MR) is 82.8 cm³/mol. The summed E-state index contributed by atoms with van der Waals surface area (Å²) in [7, 11) is 0. The molecule has 1 aliphatic rings. The van der Waals surface area contributed by atoms with Gasteiger partial charge < -0.3 is 5.32 Å². The van der Waals surface area contributed by atoms with Gasteiger partial charge in [0, 0.05) is 21.6 Å². The Morgan fingerprint density at radius 3 is 2.83 bits per heavy atom. The molecule has 1 nitrogen and oxygen atoms in total. The minimum atomic E-state index is 0.820. The molecule has 0 saturated heterocycles. The normalized spacial score (nSPS) is 13.7. The SMILES string of the molecule is Clc1sc(CNc2ccc3c(c2)CCC3)cc1Br. The maximum Gasteiger partial charge on any atom is 0.107 e. The van der Waals surface area contributed by atoms with Gasteiger partial charge in [-0.3, -0.25) is 0 Å². The van der Waals surface area contributed by atoms with Crippen LogP contribution in [0.5, 0.6) is 0 Å². The van der Waals surface area contributed by atoms with E-state index in [-0.39, 0.29) is 0 Å². The largest absolute Gasteiger partial charge is 0.380 e. The van der Waals surface area contributed by atoms with Crippen molar-refractivity contribution in [3.05, 3.63) is 49.1 Å². The van der Waals surface area contributed by atoms with Crippen molar-refractivity contribution in [2.24, 2.45) is 0 Å². The first-order valence-corrected chi connectivity index (χ1v) is 8.00. The average molecular weight is 343 g/mol. The van der Waals surface area contributed by atoms with Crippen LogP contribution >= 0.6 is 38.9 Å². The summed E-state index contributed by atoms with van der Waals surface area (Å²) in [6.07, 6.45) is 3.76. The zero-order chi connectivity index (χ0) is 12.5. The van der Waals surface area contributed by atoms with Gasteiger partial charge >= 0.3 is 0 Å². The highest BCUT2D eigenvalue weighted by atomic mass is 79.9. The summed E-state index contributed by atoms with van der Waals surface area (Å²) < 4.78 is 1.81. The number of thiophene rings is 1. The van der Waals surface area contributed by atoms with Crippen molar-refractivity contribution >= 4 is 44.6 Å². The molecular formula is C14H13BrClNS. The van der Waals surface area contributed by atoms with Gasteiger partial charge in [-0.2, -0.15) is 0 Å². The predicted octanol–water partition coefficient (Wildman–Crippen LogP) is 5.26. The Morgan fingerprint density at radius 1 is 1.22 bits per heavy atom. The van der Waals surface area contributed by atoms with Crippen LogP contribution in [0, 0.1) is 0 Å². The molecule has 1 aliphatic carbocycles. The number of halogens is 2. The van der Waals surface area contributed by atoms with E-state index in [1.54, 1.807) is 11.3 Å². The molecule has 1 heterocycles. The Bertz CT molecular complexity index is 560. The molecule has 0 atom stereocenters. The molecule has 1 aromatic heterocycles. The van der Waals surface area contributed by atoms with Crippen LogP contribution in [-0.2, 0) is 19.4 Å². The summed E-state index contributed by atoms with van der Waals surface area (Å²) >= 11 is 11.1. The van der Waals surface area contributed by atoms with Crippen LogP contribution in [0.15, 0.2) is 28.7 Å². The lowest BCUT2D eigenvalue weighted by molar-refractivity contribution is 0.912. The Balaban J connectivity index is 1.70. The number of fused-ring (bicyclic) bond motifs is 1. The Labute approximate surface area is 124 Å². The van der Waals surface area contributed by atoms with Crippen LogP contribution in [0.25, 0.3) is 0 Å². The highest BCUT2D eigenvalue weighted by Crippen LogP contribution is 2.32. The number of rotatable bonds is 3. The van der Waals surface area contributed by atoms with Gasteiger partial charge in [-0.05, 0) is 64.5 Å². The molecule has 2 aromatic rings. The molecule has 3 rings (SSSR count). The van der Waals surface area contributed by atoms with Gasteiger partial charge in [0.25, 0.3) is 0 Å². The van der Waals surface area contributed by atoms with E-state index in [1.807, 2.05) is 0 Å². The van der Waals surface area contributed by atoms with Crippen LogP contribution < -0.4 is 5.32 Å². The minimum Gasteiger partial charge on any atom is -0.380 e. The first-order valence-electron chi connectivity index (χ1n) is 6.02. The van der Waals surface area contributed by atoms with E-state index >= 15 is 0 Å². The van der Waals surface area contributed by atoms with Crippen LogP contribution in [0.4, 0.5) is 5.69 Å². The van der Waals surface area contributed by atoms with Crippen LogP contribution in [0.1, 0.15) is 22.4 Å².